The second-order valence-electron chi connectivity index (χ2n) is 7.90. The van der Waals surface area contributed by atoms with Crippen molar-refractivity contribution in [2.45, 2.75) is 38.1 Å². The fourth-order valence-electron chi connectivity index (χ4n) is 3.93. The number of halogens is 3. The monoisotopic (exact) mass is 477 g/mol. The molecule has 0 radical (unpaired) electrons. The zero-order chi connectivity index (χ0) is 24.1. The molecular weight excluding hydrogens is 455 g/mol. The standard InChI is InChI=1S/C22H22F3N5O4/c23-22(24,25)34-18-4-2-1-3-17(18)30-11-15(9-28-30)20-19(10-26-13-27-20)33-12-14-5-7-16(8-6-14)29-21(31)32/h1-4,9-11,13-14,16,29H,5-8,12H2,(H,31,32). The molecule has 0 bridgehead atoms. The molecule has 1 aliphatic rings. The molecule has 3 aromatic rings. The molecule has 1 saturated carbocycles. The molecule has 4 rings (SSSR count). The molecule has 1 amide bonds. The quantitative estimate of drug-likeness (QED) is 0.518. The number of hydrogen-bond donors (Lipinski definition) is 2. The zero-order valence-corrected chi connectivity index (χ0v) is 17.9. The van der Waals surface area contributed by atoms with Gasteiger partial charge in [0.2, 0.25) is 0 Å². The Morgan fingerprint density at radius 1 is 1.15 bits per heavy atom. The van der Waals surface area contributed by atoms with Crippen molar-refractivity contribution in [1.29, 1.82) is 0 Å². The number of benzene rings is 1. The molecule has 0 atom stereocenters. The van der Waals surface area contributed by atoms with Crippen LogP contribution in [-0.4, -0.2) is 50.0 Å². The average Bonchev–Trinajstić information content (AvgIpc) is 3.28. The van der Waals surface area contributed by atoms with Gasteiger partial charge >= 0.3 is 12.5 Å². The molecule has 180 valence electrons. The van der Waals surface area contributed by atoms with Gasteiger partial charge in [0.05, 0.1) is 19.0 Å². The van der Waals surface area contributed by atoms with Crippen LogP contribution in [-0.2, 0) is 0 Å². The van der Waals surface area contributed by atoms with Crippen LogP contribution in [0.15, 0.2) is 49.2 Å². The van der Waals surface area contributed by atoms with Gasteiger partial charge in [-0.15, -0.1) is 13.2 Å². The van der Waals surface area contributed by atoms with Crippen LogP contribution in [0.4, 0.5) is 18.0 Å². The van der Waals surface area contributed by atoms with Gasteiger partial charge in [-0.05, 0) is 43.7 Å². The van der Waals surface area contributed by atoms with Gasteiger partial charge in [0.25, 0.3) is 0 Å². The van der Waals surface area contributed by atoms with Gasteiger partial charge in [-0.2, -0.15) is 5.10 Å². The van der Waals surface area contributed by atoms with Gasteiger partial charge in [0.1, 0.15) is 17.7 Å². The first-order valence-electron chi connectivity index (χ1n) is 10.6. The van der Waals surface area contributed by atoms with E-state index in [1.165, 1.54) is 47.8 Å². The first kappa shape index (κ1) is 23.3. The summed E-state index contributed by atoms with van der Waals surface area (Å²) in [5.74, 6) is 0.304. The first-order valence-corrected chi connectivity index (χ1v) is 10.6. The third-order valence-corrected chi connectivity index (χ3v) is 5.52. The number of rotatable bonds is 7. The SMILES string of the molecule is O=C(O)NC1CCC(COc2cncnc2-c2cnn(-c3ccccc3OC(F)(F)F)c2)CC1. The van der Waals surface area contributed by atoms with Crippen LogP contribution < -0.4 is 14.8 Å². The predicted molar refractivity (Wildman–Crippen MR) is 114 cm³/mol. The Hall–Kier alpha value is -3.83. The number of amides is 1. The minimum Gasteiger partial charge on any atom is -0.489 e. The van der Waals surface area contributed by atoms with Crippen molar-refractivity contribution in [3.8, 4) is 28.4 Å². The van der Waals surface area contributed by atoms with Crippen LogP contribution >= 0.6 is 0 Å². The highest BCUT2D eigenvalue weighted by Crippen LogP contribution is 2.32. The number of nitrogens with one attached hydrogen (secondary N) is 1. The summed E-state index contributed by atoms with van der Waals surface area (Å²) in [4.78, 5) is 19.1. The number of hydrogen-bond acceptors (Lipinski definition) is 6. The van der Waals surface area contributed by atoms with Gasteiger partial charge in [-0.3, -0.25) is 0 Å². The molecule has 0 aliphatic heterocycles. The lowest BCUT2D eigenvalue weighted by Crippen LogP contribution is -2.37. The summed E-state index contributed by atoms with van der Waals surface area (Å²) >= 11 is 0. The summed E-state index contributed by atoms with van der Waals surface area (Å²) in [6, 6.07) is 5.66. The van der Waals surface area contributed by atoms with E-state index in [1.807, 2.05) is 0 Å². The molecule has 1 fully saturated rings. The second kappa shape index (κ2) is 9.98. The summed E-state index contributed by atoms with van der Waals surface area (Å²) in [5, 5.41) is 15.5. The highest BCUT2D eigenvalue weighted by Gasteiger charge is 2.32. The topological polar surface area (TPSA) is 111 Å². The van der Waals surface area contributed by atoms with Gasteiger partial charge in [-0.1, -0.05) is 12.1 Å². The number of para-hydroxylation sites is 2. The minimum atomic E-state index is -4.83. The Bertz CT molecular complexity index is 1130. The van der Waals surface area contributed by atoms with Crippen LogP contribution in [0.25, 0.3) is 16.9 Å². The molecule has 9 nitrogen and oxygen atoms in total. The van der Waals surface area contributed by atoms with Gasteiger partial charge < -0.3 is 19.9 Å². The number of carboxylic acid groups (broad SMARTS) is 1. The van der Waals surface area contributed by atoms with Crippen molar-refractivity contribution in [2.75, 3.05) is 6.61 Å². The minimum absolute atomic E-state index is 0.0422. The van der Waals surface area contributed by atoms with E-state index < -0.39 is 12.5 Å². The Morgan fingerprint density at radius 3 is 2.65 bits per heavy atom. The first-order chi connectivity index (χ1) is 16.3. The van der Waals surface area contributed by atoms with E-state index in [9.17, 15) is 18.0 Å². The van der Waals surface area contributed by atoms with Crippen molar-refractivity contribution in [2.24, 2.45) is 5.92 Å². The van der Waals surface area contributed by atoms with Crippen molar-refractivity contribution in [1.82, 2.24) is 25.1 Å². The number of aromatic nitrogens is 4. The van der Waals surface area contributed by atoms with Crippen molar-refractivity contribution < 1.29 is 32.5 Å². The van der Waals surface area contributed by atoms with E-state index in [1.54, 1.807) is 6.07 Å². The van der Waals surface area contributed by atoms with Crippen LogP contribution in [0, 0.1) is 5.92 Å². The lowest BCUT2D eigenvalue weighted by Gasteiger charge is -2.28. The maximum Gasteiger partial charge on any atom is 0.573 e. The molecule has 2 N–H and O–H groups in total. The maximum absolute atomic E-state index is 12.8. The normalized spacial score (nSPS) is 18.3. The Balaban J connectivity index is 1.46. The third-order valence-electron chi connectivity index (χ3n) is 5.52. The van der Waals surface area contributed by atoms with Crippen molar-refractivity contribution in [3.05, 3.63) is 49.2 Å². The van der Waals surface area contributed by atoms with Crippen molar-refractivity contribution >= 4 is 6.09 Å². The zero-order valence-electron chi connectivity index (χ0n) is 17.9. The van der Waals surface area contributed by atoms with Crippen LogP contribution in [0.2, 0.25) is 0 Å². The number of alkyl halides is 3. The second-order valence-corrected chi connectivity index (χ2v) is 7.90. The number of nitrogens with zero attached hydrogens (tertiary/aromatic N) is 4. The summed E-state index contributed by atoms with van der Waals surface area (Å²) in [6.07, 6.45) is 3.17. The Morgan fingerprint density at radius 2 is 1.91 bits per heavy atom. The van der Waals surface area contributed by atoms with Gasteiger partial charge in [0, 0.05) is 17.8 Å². The van der Waals surface area contributed by atoms with Crippen LogP contribution in [0.5, 0.6) is 11.5 Å². The molecule has 2 heterocycles. The molecule has 34 heavy (non-hydrogen) atoms. The molecule has 0 unspecified atom stereocenters. The lowest BCUT2D eigenvalue weighted by molar-refractivity contribution is -0.274. The highest BCUT2D eigenvalue weighted by molar-refractivity contribution is 5.65. The Kier molecular flexibility index (Phi) is 6.85. The van der Waals surface area contributed by atoms with E-state index in [4.69, 9.17) is 9.84 Å². The van der Waals surface area contributed by atoms with E-state index in [-0.39, 0.29) is 23.4 Å². The molecular formula is C22H22F3N5O4. The summed E-state index contributed by atoms with van der Waals surface area (Å²) in [5.41, 5.74) is 1.11. The highest BCUT2D eigenvalue weighted by atomic mass is 19.4. The van der Waals surface area contributed by atoms with Crippen LogP contribution in [0.3, 0.4) is 0 Å². The summed E-state index contributed by atoms with van der Waals surface area (Å²) < 4.78 is 49.7. The van der Waals surface area contributed by atoms with E-state index in [2.05, 4.69) is 25.1 Å². The van der Waals surface area contributed by atoms with Crippen molar-refractivity contribution in [3.63, 3.8) is 0 Å². The van der Waals surface area contributed by atoms with Gasteiger partial charge in [-0.25, -0.2) is 19.4 Å². The smallest absolute Gasteiger partial charge is 0.489 e. The van der Waals surface area contributed by atoms with E-state index >= 15 is 0 Å². The van der Waals surface area contributed by atoms with E-state index in [0.717, 1.165) is 25.7 Å². The average molecular weight is 477 g/mol. The fraction of sp³-hybridized carbons (Fsp3) is 0.364. The largest absolute Gasteiger partial charge is 0.573 e. The molecule has 1 aliphatic carbocycles. The molecule has 0 saturated heterocycles. The summed E-state index contributed by atoms with van der Waals surface area (Å²) in [6.45, 7) is 0.413. The number of carbonyl (C=O) groups is 1. The summed E-state index contributed by atoms with van der Waals surface area (Å²) in [7, 11) is 0. The molecule has 2 aromatic heterocycles. The van der Waals surface area contributed by atoms with E-state index in [0.29, 0.717) is 23.6 Å². The molecule has 1 aromatic carbocycles. The Labute approximate surface area is 192 Å². The maximum atomic E-state index is 12.8. The fourth-order valence-corrected chi connectivity index (χ4v) is 3.93. The molecule has 0 spiro atoms. The van der Waals surface area contributed by atoms with Gasteiger partial charge in [0.15, 0.2) is 11.5 Å². The third kappa shape index (κ3) is 5.94. The lowest BCUT2D eigenvalue weighted by atomic mass is 9.86. The van der Waals surface area contributed by atoms with Crippen LogP contribution in [0.1, 0.15) is 25.7 Å². The predicted octanol–water partition coefficient (Wildman–Crippen LogP) is 4.43. The molecule has 12 heteroatoms. The number of ether oxygens (including phenoxy) is 2.